The number of hydrogen-bond acceptors (Lipinski definition) is 5. The second-order valence-electron chi connectivity index (χ2n) is 5.67. The molecule has 0 fully saturated rings. The van der Waals surface area contributed by atoms with Gasteiger partial charge in [0.1, 0.15) is 18.1 Å². The molecule has 27 heavy (non-hydrogen) atoms. The first kappa shape index (κ1) is 19.8. The molecule has 0 heterocycles. The number of hydrogen-bond donors (Lipinski definition) is 1. The third kappa shape index (κ3) is 5.46. The van der Waals surface area contributed by atoms with E-state index in [9.17, 15) is 14.9 Å². The van der Waals surface area contributed by atoms with Crippen LogP contribution in [0.5, 0.6) is 11.5 Å². The first-order valence-electron chi connectivity index (χ1n) is 8.11. The van der Waals surface area contributed by atoms with Gasteiger partial charge in [-0.05, 0) is 23.8 Å². The predicted molar refractivity (Wildman–Crippen MR) is 102 cm³/mol. The van der Waals surface area contributed by atoms with Crippen molar-refractivity contribution in [2.45, 2.75) is 6.54 Å². The maximum absolute atomic E-state index is 12.4. The van der Waals surface area contributed by atoms with Crippen molar-refractivity contribution in [1.29, 1.82) is 0 Å². The second kappa shape index (κ2) is 9.23. The van der Waals surface area contributed by atoms with Gasteiger partial charge < -0.3 is 19.7 Å². The fraction of sp³-hybridized carbons (Fsp3) is 0.211. The van der Waals surface area contributed by atoms with Crippen LogP contribution in [0.1, 0.15) is 5.56 Å². The van der Waals surface area contributed by atoms with E-state index in [0.29, 0.717) is 24.7 Å². The van der Waals surface area contributed by atoms with Gasteiger partial charge in [-0.15, -0.1) is 0 Å². The van der Waals surface area contributed by atoms with Crippen LogP contribution in [0.25, 0.3) is 0 Å². The van der Waals surface area contributed by atoms with Crippen molar-refractivity contribution >= 4 is 17.4 Å². The van der Waals surface area contributed by atoms with E-state index >= 15 is 0 Å². The van der Waals surface area contributed by atoms with Gasteiger partial charge in [-0.2, -0.15) is 0 Å². The van der Waals surface area contributed by atoms with Gasteiger partial charge in [0.05, 0.1) is 17.7 Å². The summed E-state index contributed by atoms with van der Waals surface area (Å²) in [7, 11) is 3.05. The van der Waals surface area contributed by atoms with Crippen LogP contribution in [0.2, 0.25) is 0 Å². The van der Waals surface area contributed by atoms with Crippen LogP contribution in [0.15, 0.2) is 55.1 Å². The van der Waals surface area contributed by atoms with E-state index in [-0.39, 0.29) is 11.4 Å². The number of nitrogens with zero attached hydrogens (tertiary/aromatic N) is 2. The number of nitrogens with one attached hydrogen (secondary N) is 1. The number of methoxy groups -OCH3 is 1. The molecule has 0 radical (unpaired) electrons. The Morgan fingerprint density at radius 3 is 2.59 bits per heavy atom. The van der Waals surface area contributed by atoms with Crippen molar-refractivity contribution in [3.8, 4) is 11.5 Å². The van der Waals surface area contributed by atoms with Crippen LogP contribution in [-0.2, 0) is 6.54 Å². The zero-order chi connectivity index (χ0) is 19.8. The molecule has 142 valence electrons. The summed E-state index contributed by atoms with van der Waals surface area (Å²) in [5.74, 6) is 1.05. The lowest BCUT2D eigenvalue weighted by molar-refractivity contribution is -0.384. The Balaban J connectivity index is 2.04. The second-order valence-corrected chi connectivity index (χ2v) is 5.67. The van der Waals surface area contributed by atoms with Crippen LogP contribution in [0.3, 0.4) is 0 Å². The summed E-state index contributed by atoms with van der Waals surface area (Å²) in [6.07, 6.45) is 1.66. The third-order valence-corrected chi connectivity index (χ3v) is 3.69. The number of amides is 2. The maximum Gasteiger partial charge on any atom is 0.321 e. The SMILES string of the molecule is C=CCOc1ccc(CN(C)C(=O)Nc2cc([N+](=O)[O-])ccc2OC)cc1. The molecule has 8 nitrogen and oxygen atoms in total. The smallest absolute Gasteiger partial charge is 0.321 e. The monoisotopic (exact) mass is 371 g/mol. The van der Waals surface area contributed by atoms with Gasteiger partial charge in [-0.3, -0.25) is 10.1 Å². The summed E-state index contributed by atoms with van der Waals surface area (Å²) in [6, 6.07) is 10.9. The van der Waals surface area contributed by atoms with E-state index < -0.39 is 11.0 Å². The van der Waals surface area contributed by atoms with Gasteiger partial charge >= 0.3 is 6.03 Å². The molecule has 0 bridgehead atoms. The Bertz CT molecular complexity index is 821. The first-order chi connectivity index (χ1) is 12.9. The highest BCUT2D eigenvalue weighted by molar-refractivity contribution is 5.91. The molecular weight excluding hydrogens is 350 g/mol. The predicted octanol–water partition coefficient (Wildman–Crippen LogP) is 3.83. The van der Waals surface area contributed by atoms with Crippen molar-refractivity contribution in [2.24, 2.45) is 0 Å². The molecule has 0 aliphatic carbocycles. The number of nitro benzene ring substituents is 1. The number of ether oxygens (including phenoxy) is 2. The minimum absolute atomic E-state index is 0.135. The largest absolute Gasteiger partial charge is 0.495 e. The van der Waals surface area contributed by atoms with E-state index in [1.807, 2.05) is 24.3 Å². The van der Waals surface area contributed by atoms with E-state index in [4.69, 9.17) is 9.47 Å². The zero-order valence-corrected chi connectivity index (χ0v) is 15.2. The Morgan fingerprint density at radius 2 is 2.00 bits per heavy atom. The van der Waals surface area contributed by atoms with Crippen molar-refractivity contribution in [3.63, 3.8) is 0 Å². The van der Waals surface area contributed by atoms with Gasteiger partial charge in [0.15, 0.2) is 0 Å². The highest BCUT2D eigenvalue weighted by atomic mass is 16.6. The van der Waals surface area contributed by atoms with Crippen LogP contribution >= 0.6 is 0 Å². The van der Waals surface area contributed by atoms with E-state index in [1.54, 1.807) is 13.1 Å². The first-order valence-corrected chi connectivity index (χ1v) is 8.11. The van der Waals surface area contributed by atoms with Gasteiger partial charge in [-0.25, -0.2) is 4.79 Å². The Labute approximate surface area is 157 Å². The standard InChI is InChI=1S/C19H21N3O5/c1-4-11-27-16-8-5-14(6-9-16)13-21(2)19(23)20-17-12-15(22(24)25)7-10-18(17)26-3/h4-10,12H,1,11,13H2,2-3H3,(H,20,23). The maximum atomic E-state index is 12.4. The van der Waals surface area contributed by atoms with E-state index in [2.05, 4.69) is 11.9 Å². The van der Waals surface area contributed by atoms with Crippen molar-refractivity contribution in [3.05, 3.63) is 70.8 Å². The summed E-state index contributed by atoms with van der Waals surface area (Å²) in [5, 5.41) is 13.6. The number of rotatable bonds is 8. The summed E-state index contributed by atoms with van der Waals surface area (Å²) in [4.78, 5) is 24.3. The van der Waals surface area contributed by atoms with Crippen LogP contribution < -0.4 is 14.8 Å². The summed E-state index contributed by atoms with van der Waals surface area (Å²) < 4.78 is 10.6. The molecule has 0 aliphatic heterocycles. The lowest BCUT2D eigenvalue weighted by Gasteiger charge is -2.19. The Hall–Kier alpha value is -3.55. The quantitative estimate of drug-likeness (QED) is 0.432. The lowest BCUT2D eigenvalue weighted by atomic mass is 10.2. The molecule has 1 N–H and O–H groups in total. The summed E-state index contributed by atoms with van der Waals surface area (Å²) in [5.41, 5.74) is 1.00. The van der Waals surface area contributed by atoms with E-state index in [1.165, 1.54) is 30.2 Å². The molecule has 2 aromatic rings. The molecule has 2 rings (SSSR count). The van der Waals surface area contributed by atoms with Crippen molar-refractivity contribution in [1.82, 2.24) is 4.90 Å². The van der Waals surface area contributed by atoms with Gasteiger partial charge in [0.2, 0.25) is 0 Å². The van der Waals surface area contributed by atoms with Crippen LogP contribution in [0.4, 0.5) is 16.2 Å². The number of benzene rings is 2. The zero-order valence-electron chi connectivity index (χ0n) is 15.2. The molecule has 8 heteroatoms. The van der Waals surface area contributed by atoms with Crippen molar-refractivity contribution < 1.29 is 19.2 Å². The summed E-state index contributed by atoms with van der Waals surface area (Å²) in [6.45, 7) is 4.37. The highest BCUT2D eigenvalue weighted by Crippen LogP contribution is 2.29. The lowest BCUT2D eigenvalue weighted by Crippen LogP contribution is -2.31. The molecule has 0 aliphatic rings. The number of non-ortho nitro benzene ring substituents is 1. The topological polar surface area (TPSA) is 93.9 Å². The third-order valence-electron chi connectivity index (χ3n) is 3.69. The number of anilines is 1. The number of nitro groups is 1. The van der Waals surface area contributed by atoms with Crippen molar-refractivity contribution in [2.75, 3.05) is 26.1 Å². The molecule has 0 aromatic heterocycles. The van der Waals surface area contributed by atoms with Gasteiger partial charge in [-0.1, -0.05) is 24.8 Å². The average Bonchev–Trinajstić information content (AvgIpc) is 2.67. The number of urea groups is 1. The van der Waals surface area contributed by atoms with Crippen LogP contribution in [0, 0.1) is 10.1 Å². The number of carbonyl (C=O) groups is 1. The minimum Gasteiger partial charge on any atom is -0.495 e. The highest BCUT2D eigenvalue weighted by Gasteiger charge is 2.16. The molecule has 0 saturated heterocycles. The molecule has 0 spiro atoms. The number of carbonyl (C=O) groups excluding carboxylic acids is 1. The molecule has 0 saturated carbocycles. The fourth-order valence-corrected chi connectivity index (χ4v) is 2.31. The molecule has 2 amide bonds. The molecule has 0 unspecified atom stereocenters. The molecule has 2 aromatic carbocycles. The summed E-state index contributed by atoms with van der Waals surface area (Å²) >= 11 is 0. The average molecular weight is 371 g/mol. The minimum atomic E-state index is -0.533. The van der Waals surface area contributed by atoms with E-state index in [0.717, 1.165) is 5.56 Å². The Morgan fingerprint density at radius 1 is 1.30 bits per heavy atom. The van der Waals surface area contributed by atoms with Gasteiger partial charge in [0, 0.05) is 25.7 Å². The molecule has 0 atom stereocenters. The molecular formula is C19H21N3O5. The Kier molecular flexibility index (Phi) is 6.76. The fourth-order valence-electron chi connectivity index (χ4n) is 2.31. The van der Waals surface area contributed by atoms with Gasteiger partial charge in [0.25, 0.3) is 5.69 Å². The van der Waals surface area contributed by atoms with Crippen LogP contribution in [-0.4, -0.2) is 36.6 Å². The normalized spacial score (nSPS) is 10.0.